The number of hydrogen-bond acceptors (Lipinski definition) is 1. The Bertz CT molecular complexity index is 298. The molecule has 0 aliphatic rings. The maximum atomic E-state index is 11.4. The predicted octanol–water partition coefficient (Wildman–Crippen LogP) is 2.64. The monoisotopic (exact) mass is 180 g/mol. The van der Waals surface area contributed by atoms with E-state index < -0.39 is 10.8 Å². The van der Waals surface area contributed by atoms with Crippen LogP contribution in [0.2, 0.25) is 0 Å². The maximum absolute atomic E-state index is 11.4. The number of rotatable bonds is 2. The summed E-state index contributed by atoms with van der Waals surface area (Å²) in [5.74, 6) is 0. The average Bonchev–Trinajstić information content (AvgIpc) is 2.06. The van der Waals surface area contributed by atoms with Crippen molar-refractivity contribution in [3.05, 3.63) is 41.3 Å². The summed E-state index contributed by atoms with van der Waals surface area (Å²) in [5.41, 5.74) is 1.19. The van der Waals surface area contributed by atoms with Crippen molar-refractivity contribution in [2.45, 2.75) is 18.7 Å². The van der Waals surface area contributed by atoms with Gasteiger partial charge in [0.2, 0.25) is 0 Å². The quantitative estimate of drug-likeness (QED) is 0.683. The fraction of sp³-hybridized carbons (Fsp3) is 0.200. The van der Waals surface area contributed by atoms with E-state index in [1.165, 1.54) is 5.56 Å². The van der Waals surface area contributed by atoms with Crippen molar-refractivity contribution < 1.29 is 4.21 Å². The Morgan fingerprint density at radius 1 is 1.25 bits per heavy atom. The zero-order valence-corrected chi connectivity index (χ0v) is 8.10. The molecule has 0 unspecified atom stereocenters. The highest BCUT2D eigenvalue weighted by atomic mass is 32.2. The third-order valence-electron chi connectivity index (χ3n) is 1.51. The van der Waals surface area contributed by atoms with Gasteiger partial charge in [0.25, 0.3) is 0 Å². The highest BCUT2D eigenvalue weighted by Crippen LogP contribution is 2.08. The topological polar surface area (TPSA) is 17.1 Å². The minimum Gasteiger partial charge on any atom is -0.250 e. The van der Waals surface area contributed by atoms with E-state index >= 15 is 0 Å². The summed E-state index contributed by atoms with van der Waals surface area (Å²) in [5, 5.41) is 1.69. The predicted molar refractivity (Wildman–Crippen MR) is 52.4 cm³/mol. The fourth-order valence-corrected chi connectivity index (χ4v) is 1.68. The van der Waals surface area contributed by atoms with E-state index in [4.69, 9.17) is 0 Å². The third kappa shape index (κ3) is 2.31. The SMILES string of the molecule is C/C=C\[S@@](=O)c1ccc(C)cc1. The Hall–Kier alpha value is -0.890. The van der Waals surface area contributed by atoms with Crippen molar-refractivity contribution in [3.63, 3.8) is 0 Å². The van der Waals surface area contributed by atoms with Crippen LogP contribution in [-0.4, -0.2) is 4.21 Å². The van der Waals surface area contributed by atoms with Gasteiger partial charge < -0.3 is 0 Å². The molecule has 1 atom stereocenters. The molecule has 0 bridgehead atoms. The molecule has 0 aromatic heterocycles. The lowest BCUT2D eigenvalue weighted by Crippen LogP contribution is -1.85. The highest BCUT2D eigenvalue weighted by molar-refractivity contribution is 7.88. The first-order chi connectivity index (χ1) is 5.74. The molecule has 1 aromatic rings. The van der Waals surface area contributed by atoms with E-state index in [2.05, 4.69) is 0 Å². The number of allylic oxidation sites excluding steroid dienone is 1. The van der Waals surface area contributed by atoms with E-state index in [-0.39, 0.29) is 0 Å². The second-order valence-electron chi connectivity index (χ2n) is 2.58. The lowest BCUT2D eigenvalue weighted by Gasteiger charge is -1.96. The smallest absolute Gasteiger partial charge is 0.0772 e. The molecular weight excluding hydrogens is 168 g/mol. The van der Waals surface area contributed by atoms with Gasteiger partial charge in [-0.2, -0.15) is 0 Å². The number of hydrogen-bond donors (Lipinski definition) is 0. The lowest BCUT2D eigenvalue weighted by atomic mass is 10.2. The number of aryl methyl sites for hydroxylation is 1. The Kier molecular flexibility index (Phi) is 3.23. The molecule has 12 heavy (non-hydrogen) atoms. The van der Waals surface area contributed by atoms with Gasteiger partial charge in [0.15, 0.2) is 0 Å². The first-order valence-electron chi connectivity index (χ1n) is 3.84. The van der Waals surface area contributed by atoms with Crippen molar-refractivity contribution in [1.82, 2.24) is 0 Å². The Balaban J connectivity index is 2.90. The number of benzene rings is 1. The Morgan fingerprint density at radius 2 is 1.83 bits per heavy atom. The molecule has 0 heterocycles. The van der Waals surface area contributed by atoms with Gasteiger partial charge in [-0.25, -0.2) is 4.21 Å². The molecule has 1 nitrogen and oxygen atoms in total. The van der Waals surface area contributed by atoms with Gasteiger partial charge in [0, 0.05) is 10.3 Å². The van der Waals surface area contributed by atoms with E-state index in [0.29, 0.717) is 0 Å². The van der Waals surface area contributed by atoms with Crippen LogP contribution in [0.5, 0.6) is 0 Å². The fourth-order valence-electron chi connectivity index (χ4n) is 0.875. The molecule has 0 aliphatic carbocycles. The van der Waals surface area contributed by atoms with Gasteiger partial charge in [-0.3, -0.25) is 0 Å². The first kappa shape index (κ1) is 9.20. The summed E-state index contributed by atoms with van der Waals surface area (Å²) in [6.07, 6.45) is 1.80. The summed E-state index contributed by atoms with van der Waals surface area (Å²) in [4.78, 5) is 0.860. The van der Waals surface area contributed by atoms with E-state index in [0.717, 1.165) is 4.90 Å². The molecule has 0 fully saturated rings. The molecule has 1 rings (SSSR count). The minimum absolute atomic E-state index is 0.860. The summed E-state index contributed by atoms with van der Waals surface area (Å²) < 4.78 is 11.4. The lowest BCUT2D eigenvalue weighted by molar-refractivity contribution is 0.688. The van der Waals surface area contributed by atoms with Gasteiger partial charge in [0.05, 0.1) is 10.8 Å². The van der Waals surface area contributed by atoms with Crippen LogP contribution in [0.25, 0.3) is 0 Å². The average molecular weight is 180 g/mol. The molecule has 0 N–H and O–H groups in total. The van der Waals surface area contributed by atoms with Crippen LogP contribution >= 0.6 is 0 Å². The molecule has 0 radical (unpaired) electrons. The van der Waals surface area contributed by atoms with Crippen molar-refractivity contribution >= 4 is 10.8 Å². The minimum atomic E-state index is -0.972. The molecule has 0 saturated carbocycles. The Morgan fingerprint density at radius 3 is 2.33 bits per heavy atom. The third-order valence-corrected chi connectivity index (χ3v) is 2.77. The van der Waals surface area contributed by atoms with Crippen LogP contribution in [0.3, 0.4) is 0 Å². The summed E-state index contributed by atoms with van der Waals surface area (Å²) in [6.45, 7) is 3.88. The van der Waals surface area contributed by atoms with Crippen LogP contribution in [-0.2, 0) is 10.8 Å². The molecule has 64 valence electrons. The molecule has 0 saturated heterocycles. The summed E-state index contributed by atoms with van der Waals surface area (Å²) in [7, 11) is -0.972. The normalized spacial score (nSPS) is 13.5. The van der Waals surface area contributed by atoms with Crippen LogP contribution in [0, 0.1) is 6.92 Å². The van der Waals surface area contributed by atoms with Crippen LogP contribution in [0.1, 0.15) is 12.5 Å². The second-order valence-corrected chi connectivity index (χ2v) is 3.92. The largest absolute Gasteiger partial charge is 0.250 e. The summed E-state index contributed by atoms with van der Waals surface area (Å²) >= 11 is 0. The van der Waals surface area contributed by atoms with Crippen LogP contribution < -0.4 is 0 Å². The molecule has 2 heteroatoms. The van der Waals surface area contributed by atoms with E-state index in [9.17, 15) is 4.21 Å². The van der Waals surface area contributed by atoms with E-state index in [1.807, 2.05) is 38.1 Å². The first-order valence-corrected chi connectivity index (χ1v) is 5.05. The van der Waals surface area contributed by atoms with Crippen molar-refractivity contribution in [2.24, 2.45) is 0 Å². The van der Waals surface area contributed by atoms with Gasteiger partial charge >= 0.3 is 0 Å². The maximum Gasteiger partial charge on any atom is 0.0772 e. The molecule has 0 amide bonds. The van der Waals surface area contributed by atoms with Gasteiger partial charge in [-0.1, -0.05) is 23.8 Å². The second kappa shape index (κ2) is 4.21. The van der Waals surface area contributed by atoms with Crippen molar-refractivity contribution in [1.29, 1.82) is 0 Å². The van der Waals surface area contributed by atoms with Crippen molar-refractivity contribution in [2.75, 3.05) is 0 Å². The van der Waals surface area contributed by atoms with Gasteiger partial charge in [-0.15, -0.1) is 0 Å². The van der Waals surface area contributed by atoms with Crippen LogP contribution in [0.15, 0.2) is 40.6 Å². The zero-order chi connectivity index (χ0) is 8.97. The molecule has 1 aromatic carbocycles. The standard InChI is InChI=1S/C10H12OS/c1-3-8-12(11)10-6-4-9(2)5-7-10/h3-8H,1-2H3/b8-3-/t12-/m1/s1. The van der Waals surface area contributed by atoms with Gasteiger partial charge in [-0.05, 0) is 26.0 Å². The van der Waals surface area contributed by atoms with Crippen LogP contribution in [0.4, 0.5) is 0 Å². The zero-order valence-electron chi connectivity index (χ0n) is 7.28. The molecular formula is C10H12OS. The van der Waals surface area contributed by atoms with E-state index in [1.54, 1.807) is 11.5 Å². The molecule has 0 aliphatic heterocycles. The van der Waals surface area contributed by atoms with Crippen molar-refractivity contribution in [3.8, 4) is 0 Å². The Labute approximate surface area is 75.6 Å². The molecule has 0 spiro atoms. The highest BCUT2D eigenvalue weighted by Gasteiger charge is 1.96. The summed E-state index contributed by atoms with van der Waals surface area (Å²) in [6, 6.07) is 7.73. The van der Waals surface area contributed by atoms with Gasteiger partial charge in [0.1, 0.15) is 0 Å².